The molecule has 3 heterocycles. The van der Waals surface area contributed by atoms with Gasteiger partial charge in [0.05, 0.1) is 18.1 Å². The van der Waals surface area contributed by atoms with Crippen LogP contribution in [-0.2, 0) is 23.8 Å². The van der Waals surface area contributed by atoms with Crippen LogP contribution in [0.25, 0.3) is 10.9 Å². The number of halogens is 2. The van der Waals surface area contributed by atoms with Crippen molar-refractivity contribution in [1.82, 2.24) is 30.0 Å². The molecule has 9 nitrogen and oxygen atoms in total. The number of benzene rings is 1. The number of imidazole rings is 1. The van der Waals surface area contributed by atoms with E-state index in [0.717, 1.165) is 16.5 Å². The molecule has 0 radical (unpaired) electrons. The molecule has 1 aliphatic rings. The van der Waals surface area contributed by atoms with E-state index in [2.05, 4.69) is 46.6 Å². The quantitative estimate of drug-likeness (QED) is 0.471. The van der Waals surface area contributed by atoms with E-state index in [-0.39, 0.29) is 34.1 Å². The number of nitrogens with zero attached hydrogens (tertiary/aromatic N) is 4. The van der Waals surface area contributed by atoms with Crippen LogP contribution in [0.5, 0.6) is 0 Å². The molecule has 0 bridgehead atoms. The average molecular weight is 506 g/mol. The molecule has 1 fully saturated rings. The largest absolute Gasteiger partial charge is 0.361 e. The summed E-state index contributed by atoms with van der Waals surface area (Å²) in [6.07, 6.45) is 0.459. The molecule has 1 aliphatic heterocycles. The van der Waals surface area contributed by atoms with E-state index in [1.165, 1.54) is 0 Å². The smallest absolute Gasteiger partial charge is 0.271 e. The van der Waals surface area contributed by atoms with Gasteiger partial charge in [0.25, 0.3) is 5.91 Å². The number of aromatic amines is 1. The van der Waals surface area contributed by atoms with Crippen molar-refractivity contribution in [3.05, 3.63) is 39.4 Å². The van der Waals surface area contributed by atoms with Gasteiger partial charge in [-0.05, 0) is 23.1 Å². The third kappa shape index (κ3) is 4.59. The molecule has 0 atom stereocenters. The Balaban J connectivity index is 1.47. The van der Waals surface area contributed by atoms with Gasteiger partial charge in [-0.25, -0.2) is 4.98 Å². The number of carbonyl (C=O) groups excluding carboxylic acids is 2. The van der Waals surface area contributed by atoms with Crippen molar-refractivity contribution < 1.29 is 9.59 Å². The fraction of sp³-hybridized carbons (Fsp3) is 0.478. The summed E-state index contributed by atoms with van der Waals surface area (Å²) < 4.78 is 1.67. The van der Waals surface area contributed by atoms with Crippen molar-refractivity contribution in [3.63, 3.8) is 0 Å². The molecule has 1 saturated heterocycles. The van der Waals surface area contributed by atoms with Gasteiger partial charge in [0, 0.05) is 37.0 Å². The van der Waals surface area contributed by atoms with Gasteiger partial charge in [0.1, 0.15) is 11.5 Å². The highest BCUT2D eigenvalue weighted by molar-refractivity contribution is 6.32. The Morgan fingerprint density at radius 2 is 1.94 bits per heavy atom. The molecular weight excluding hydrogens is 477 g/mol. The van der Waals surface area contributed by atoms with E-state index >= 15 is 0 Å². The Morgan fingerprint density at radius 3 is 2.59 bits per heavy atom. The first kappa shape index (κ1) is 24.3. The summed E-state index contributed by atoms with van der Waals surface area (Å²) >= 11 is 12.8. The first-order chi connectivity index (χ1) is 16.0. The topological polar surface area (TPSA) is 108 Å². The zero-order valence-corrected chi connectivity index (χ0v) is 21.4. The highest BCUT2D eigenvalue weighted by Crippen LogP contribution is 2.34. The van der Waals surface area contributed by atoms with Crippen molar-refractivity contribution in [3.8, 4) is 0 Å². The van der Waals surface area contributed by atoms with Crippen LogP contribution in [0.15, 0.2) is 12.1 Å². The highest BCUT2D eigenvalue weighted by Gasteiger charge is 2.32. The zero-order valence-electron chi connectivity index (χ0n) is 19.9. The van der Waals surface area contributed by atoms with E-state index < -0.39 is 0 Å². The second kappa shape index (κ2) is 9.11. The molecule has 3 aromatic rings. The van der Waals surface area contributed by atoms with E-state index in [4.69, 9.17) is 23.2 Å². The van der Waals surface area contributed by atoms with Crippen LogP contribution in [0.3, 0.4) is 0 Å². The summed E-state index contributed by atoms with van der Waals surface area (Å²) in [5.41, 5.74) is 2.03. The summed E-state index contributed by atoms with van der Waals surface area (Å²) in [6.45, 7) is 9.49. The summed E-state index contributed by atoms with van der Waals surface area (Å²) in [5, 5.41) is 15.3. The van der Waals surface area contributed by atoms with Gasteiger partial charge < -0.3 is 20.1 Å². The lowest BCUT2D eigenvalue weighted by Gasteiger charge is -2.39. The van der Waals surface area contributed by atoms with Crippen LogP contribution in [0.2, 0.25) is 10.2 Å². The fourth-order valence-electron chi connectivity index (χ4n) is 4.07. The minimum absolute atomic E-state index is 0.0835. The Kier molecular flexibility index (Phi) is 6.52. The molecule has 4 rings (SSSR count). The molecule has 0 unspecified atom stereocenters. The SMILES string of the molecule is CCC(=O)N1CC(NC(=O)c2c(Cl)nc(CNc3n[nH]c4cc(Cl)c(C(C)(C)C)cc34)n2C)C1. The molecule has 11 heteroatoms. The van der Waals surface area contributed by atoms with E-state index in [1.807, 2.05) is 19.1 Å². The van der Waals surface area contributed by atoms with Crippen LogP contribution in [0, 0.1) is 0 Å². The monoisotopic (exact) mass is 505 g/mol. The molecule has 0 saturated carbocycles. The van der Waals surface area contributed by atoms with Gasteiger partial charge >= 0.3 is 0 Å². The number of likely N-dealkylation sites (tertiary alicyclic amines) is 1. The molecule has 34 heavy (non-hydrogen) atoms. The first-order valence-corrected chi connectivity index (χ1v) is 12.0. The predicted octanol–water partition coefficient (Wildman–Crippen LogP) is 3.86. The van der Waals surface area contributed by atoms with E-state index in [9.17, 15) is 9.59 Å². The van der Waals surface area contributed by atoms with Gasteiger partial charge in [0.15, 0.2) is 11.0 Å². The van der Waals surface area contributed by atoms with Crippen LogP contribution in [-0.4, -0.2) is 55.6 Å². The first-order valence-electron chi connectivity index (χ1n) is 11.2. The van der Waals surface area contributed by atoms with Gasteiger partial charge in [-0.1, -0.05) is 50.9 Å². The number of rotatable bonds is 6. The lowest BCUT2D eigenvalue weighted by molar-refractivity contribution is -0.135. The summed E-state index contributed by atoms with van der Waals surface area (Å²) in [7, 11) is 1.75. The number of amides is 2. The number of H-pyrrole nitrogens is 1. The van der Waals surface area contributed by atoms with Crippen molar-refractivity contribution in [2.24, 2.45) is 7.05 Å². The minimum atomic E-state index is -0.311. The van der Waals surface area contributed by atoms with Crippen molar-refractivity contribution in [1.29, 1.82) is 0 Å². The van der Waals surface area contributed by atoms with Gasteiger partial charge in [-0.2, -0.15) is 5.10 Å². The maximum absolute atomic E-state index is 12.8. The Bertz CT molecular complexity index is 1250. The normalized spacial score (nSPS) is 14.4. The zero-order chi connectivity index (χ0) is 24.8. The number of carbonyl (C=O) groups is 2. The molecular formula is C23H29Cl2N7O2. The molecule has 2 aromatic heterocycles. The van der Waals surface area contributed by atoms with Crippen LogP contribution < -0.4 is 10.6 Å². The van der Waals surface area contributed by atoms with Crippen molar-refractivity contribution in [2.75, 3.05) is 18.4 Å². The molecule has 0 spiro atoms. The lowest BCUT2D eigenvalue weighted by atomic mass is 9.86. The standard InChI is InChI=1S/C23H29Cl2N7O2/c1-6-18(33)32-10-12(11-32)27-22(34)19-20(25)28-17(31(19)5)9-26-21-13-7-14(23(2,3)4)15(24)8-16(13)29-30-21/h7-8,12H,6,9-11H2,1-5H3,(H,27,34)(H2,26,29,30). The Morgan fingerprint density at radius 1 is 1.24 bits per heavy atom. The summed E-state index contributed by atoms with van der Waals surface area (Å²) in [5.74, 6) is 1.03. The number of nitrogens with one attached hydrogen (secondary N) is 3. The van der Waals surface area contributed by atoms with Crippen molar-refractivity contribution in [2.45, 2.75) is 52.1 Å². The van der Waals surface area contributed by atoms with Crippen molar-refractivity contribution >= 4 is 51.7 Å². The van der Waals surface area contributed by atoms with E-state index in [1.54, 1.807) is 16.5 Å². The second-order valence-corrected chi connectivity index (χ2v) is 10.4. The number of hydrogen-bond donors (Lipinski definition) is 3. The number of anilines is 1. The Hall–Kier alpha value is -2.78. The minimum Gasteiger partial charge on any atom is -0.361 e. The van der Waals surface area contributed by atoms with Crippen LogP contribution in [0.4, 0.5) is 5.82 Å². The maximum atomic E-state index is 12.8. The number of hydrogen-bond acceptors (Lipinski definition) is 5. The average Bonchev–Trinajstić information content (AvgIpc) is 3.25. The summed E-state index contributed by atoms with van der Waals surface area (Å²) in [4.78, 5) is 30.6. The second-order valence-electron chi connectivity index (χ2n) is 9.60. The summed E-state index contributed by atoms with van der Waals surface area (Å²) in [6, 6.07) is 3.83. The van der Waals surface area contributed by atoms with Gasteiger partial charge in [-0.3, -0.25) is 14.7 Å². The highest BCUT2D eigenvalue weighted by atomic mass is 35.5. The number of fused-ring (bicyclic) bond motifs is 1. The number of aromatic nitrogens is 4. The molecule has 3 N–H and O–H groups in total. The molecule has 2 amide bonds. The fourth-order valence-corrected chi connectivity index (χ4v) is 4.83. The van der Waals surface area contributed by atoms with Crippen LogP contribution in [0.1, 0.15) is 56.0 Å². The Labute approximate surface area is 208 Å². The lowest BCUT2D eigenvalue weighted by Crippen LogP contribution is -2.61. The van der Waals surface area contributed by atoms with Crippen LogP contribution >= 0.6 is 23.2 Å². The van der Waals surface area contributed by atoms with E-state index in [0.29, 0.717) is 42.7 Å². The predicted molar refractivity (Wildman–Crippen MR) is 133 cm³/mol. The molecule has 1 aromatic carbocycles. The molecule has 0 aliphatic carbocycles. The molecule has 182 valence electrons. The third-order valence-corrected chi connectivity index (χ3v) is 6.68. The van der Waals surface area contributed by atoms with Gasteiger partial charge in [-0.15, -0.1) is 0 Å². The maximum Gasteiger partial charge on any atom is 0.271 e. The van der Waals surface area contributed by atoms with Gasteiger partial charge in [0.2, 0.25) is 5.91 Å². The third-order valence-electron chi connectivity index (χ3n) is 6.10.